The first-order valence-electron chi connectivity index (χ1n) is 4.35. The first-order valence-corrected chi connectivity index (χ1v) is 6.98. The van der Waals surface area contributed by atoms with Crippen molar-refractivity contribution in [2.75, 3.05) is 6.61 Å². The molecule has 5 nitrogen and oxygen atoms in total. The maximum Gasteiger partial charge on any atom is 0.339 e. The van der Waals surface area contributed by atoms with Crippen LogP contribution in [-0.2, 0) is 14.8 Å². The van der Waals surface area contributed by atoms with Gasteiger partial charge in [-0.2, -0.15) is 0 Å². The van der Waals surface area contributed by atoms with Crippen molar-refractivity contribution in [3.05, 3.63) is 27.3 Å². The Morgan fingerprint density at radius 3 is 2.62 bits per heavy atom. The number of ether oxygens (including phenoxy) is 1. The first kappa shape index (κ1) is 13.4. The zero-order valence-corrected chi connectivity index (χ0v) is 11.4. The van der Waals surface area contributed by atoms with Gasteiger partial charge in [0.25, 0.3) is 0 Å². The molecule has 0 heterocycles. The van der Waals surface area contributed by atoms with E-state index in [0.717, 1.165) is 0 Å². The molecule has 88 valence electrons. The summed E-state index contributed by atoms with van der Waals surface area (Å²) in [5, 5.41) is 5.02. The van der Waals surface area contributed by atoms with Crippen LogP contribution in [0.25, 0.3) is 0 Å². The molecule has 0 aromatic heterocycles. The highest BCUT2D eigenvalue weighted by Gasteiger charge is 2.20. The minimum absolute atomic E-state index is 0.0373. The van der Waals surface area contributed by atoms with Crippen LogP contribution in [0.2, 0.25) is 0 Å². The number of halogens is 1. The number of sulfonamides is 1. The summed E-state index contributed by atoms with van der Waals surface area (Å²) >= 11 is 1.93. The average Bonchev–Trinajstić information content (AvgIpc) is 2.16. The number of hydrogen-bond acceptors (Lipinski definition) is 4. The lowest BCUT2D eigenvalue weighted by atomic mass is 10.2. The molecule has 0 saturated carbocycles. The van der Waals surface area contributed by atoms with E-state index < -0.39 is 16.0 Å². The van der Waals surface area contributed by atoms with E-state index >= 15 is 0 Å². The molecule has 0 fully saturated rings. The Kier molecular flexibility index (Phi) is 4.28. The number of esters is 1. The molecule has 7 heteroatoms. The van der Waals surface area contributed by atoms with Crippen LogP contribution in [0, 0.1) is 3.57 Å². The molecular weight excluding hydrogens is 345 g/mol. The molecule has 2 N–H and O–H groups in total. The maximum atomic E-state index is 11.5. The molecule has 0 aliphatic carbocycles. The highest BCUT2D eigenvalue weighted by Crippen LogP contribution is 2.18. The van der Waals surface area contributed by atoms with Crippen molar-refractivity contribution in [1.29, 1.82) is 0 Å². The van der Waals surface area contributed by atoms with Gasteiger partial charge in [0, 0.05) is 3.57 Å². The van der Waals surface area contributed by atoms with E-state index in [1.807, 2.05) is 22.6 Å². The third-order valence-corrected chi connectivity index (χ3v) is 3.37. The van der Waals surface area contributed by atoms with Crippen LogP contribution in [0.3, 0.4) is 0 Å². The number of nitrogens with two attached hydrogens (primary N) is 1. The van der Waals surface area contributed by atoms with Gasteiger partial charge in [0.2, 0.25) is 10.0 Å². The van der Waals surface area contributed by atoms with Gasteiger partial charge in [-0.25, -0.2) is 18.4 Å². The van der Waals surface area contributed by atoms with E-state index in [1.165, 1.54) is 12.1 Å². The third kappa shape index (κ3) is 3.16. The second kappa shape index (κ2) is 5.11. The standard InChI is InChI=1S/C9H10INO4S/c1-2-15-9(12)7-4-3-6(10)5-8(7)16(11,13)14/h3-5H,2H2,1H3,(H2,11,13,14). The predicted octanol–water partition coefficient (Wildman–Crippen LogP) is 1.12. The van der Waals surface area contributed by atoms with Crippen LogP contribution in [0.5, 0.6) is 0 Å². The Balaban J connectivity index is 3.35. The van der Waals surface area contributed by atoms with Gasteiger partial charge in [-0.1, -0.05) is 0 Å². The van der Waals surface area contributed by atoms with Crippen molar-refractivity contribution < 1.29 is 17.9 Å². The Bertz CT molecular complexity index is 512. The quantitative estimate of drug-likeness (QED) is 0.650. The summed E-state index contributed by atoms with van der Waals surface area (Å²) in [6, 6.07) is 4.34. The topological polar surface area (TPSA) is 86.5 Å². The maximum absolute atomic E-state index is 11.5. The van der Waals surface area contributed by atoms with E-state index in [4.69, 9.17) is 9.88 Å². The van der Waals surface area contributed by atoms with E-state index in [0.29, 0.717) is 3.57 Å². The third-order valence-electron chi connectivity index (χ3n) is 1.75. The molecule has 0 saturated heterocycles. The fraction of sp³-hybridized carbons (Fsp3) is 0.222. The lowest BCUT2D eigenvalue weighted by Gasteiger charge is -2.07. The summed E-state index contributed by atoms with van der Waals surface area (Å²) < 4.78 is 28.0. The Hall–Kier alpha value is -0.670. The number of carbonyl (C=O) groups is 1. The molecule has 0 amide bonds. The molecule has 0 unspecified atom stereocenters. The van der Waals surface area contributed by atoms with Crippen molar-refractivity contribution in [2.24, 2.45) is 5.14 Å². The van der Waals surface area contributed by atoms with Gasteiger partial charge in [-0.15, -0.1) is 0 Å². The van der Waals surface area contributed by atoms with Gasteiger partial charge in [-0.3, -0.25) is 0 Å². The Morgan fingerprint density at radius 1 is 1.50 bits per heavy atom. The van der Waals surface area contributed by atoms with Gasteiger partial charge >= 0.3 is 5.97 Å². The molecule has 1 aromatic rings. The summed E-state index contributed by atoms with van der Waals surface area (Å²) in [5.74, 6) is -0.692. The molecule has 0 aliphatic heterocycles. The zero-order chi connectivity index (χ0) is 12.3. The van der Waals surface area contributed by atoms with Crippen molar-refractivity contribution >= 4 is 38.6 Å². The largest absolute Gasteiger partial charge is 0.462 e. The minimum atomic E-state index is -3.92. The number of rotatable bonds is 3. The van der Waals surface area contributed by atoms with E-state index in [9.17, 15) is 13.2 Å². The molecular formula is C9H10INO4S. The van der Waals surface area contributed by atoms with Gasteiger partial charge < -0.3 is 4.74 Å². The Morgan fingerprint density at radius 2 is 2.12 bits per heavy atom. The van der Waals surface area contributed by atoms with Crippen LogP contribution < -0.4 is 5.14 Å². The van der Waals surface area contributed by atoms with Gasteiger partial charge in [0.05, 0.1) is 17.1 Å². The van der Waals surface area contributed by atoms with Gasteiger partial charge in [0.1, 0.15) is 0 Å². The van der Waals surface area contributed by atoms with Crippen molar-refractivity contribution in [1.82, 2.24) is 0 Å². The molecule has 16 heavy (non-hydrogen) atoms. The first-order chi connectivity index (χ1) is 7.36. The second-order valence-electron chi connectivity index (χ2n) is 2.91. The van der Waals surface area contributed by atoms with Crippen molar-refractivity contribution in [2.45, 2.75) is 11.8 Å². The molecule has 1 aromatic carbocycles. The van der Waals surface area contributed by atoms with Crippen molar-refractivity contribution in [3.8, 4) is 0 Å². The van der Waals surface area contributed by atoms with E-state index in [2.05, 4.69) is 0 Å². The normalized spacial score (nSPS) is 11.2. The monoisotopic (exact) mass is 355 g/mol. The van der Waals surface area contributed by atoms with Crippen LogP contribution >= 0.6 is 22.6 Å². The Labute approximate surface area is 107 Å². The van der Waals surface area contributed by atoms with Crippen LogP contribution in [0.4, 0.5) is 0 Å². The smallest absolute Gasteiger partial charge is 0.339 e. The number of hydrogen-bond donors (Lipinski definition) is 1. The molecule has 0 radical (unpaired) electrons. The molecule has 0 aliphatic rings. The number of carbonyl (C=O) groups excluding carboxylic acids is 1. The van der Waals surface area contributed by atoms with Crippen LogP contribution in [-0.4, -0.2) is 21.0 Å². The molecule has 0 atom stereocenters. The highest BCUT2D eigenvalue weighted by molar-refractivity contribution is 14.1. The average molecular weight is 355 g/mol. The summed E-state index contributed by atoms with van der Waals surface area (Å²) in [6.45, 7) is 1.82. The minimum Gasteiger partial charge on any atom is -0.462 e. The lowest BCUT2D eigenvalue weighted by molar-refractivity contribution is 0.0522. The van der Waals surface area contributed by atoms with Gasteiger partial charge in [0.15, 0.2) is 0 Å². The molecule has 0 bridgehead atoms. The van der Waals surface area contributed by atoms with Gasteiger partial charge in [-0.05, 0) is 47.7 Å². The number of primary sulfonamides is 1. The molecule has 0 spiro atoms. The van der Waals surface area contributed by atoms with Crippen molar-refractivity contribution in [3.63, 3.8) is 0 Å². The summed E-state index contributed by atoms with van der Waals surface area (Å²) in [5.41, 5.74) is -0.0373. The fourth-order valence-electron chi connectivity index (χ4n) is 1.11. The van der Waals surface area contributed by atoms with Crippen LogP contribution in [0.1, 0.15) is 17.3 Å². The van der Waals surface area contributed by atoms with E-state index in [-0.39, 0.29) is 17.1 Å². The number of benzene rings is 1. The predicted molar refractivity (Wildman–Crippen MR) is 66.5 cm³/mol. The summed E-state index contributed by atoms with van der Waals surface area (Å²) in [4.78, 5) is 11.3. The highest BCUT2D eigenvalue weighted by atomic mass is 127. The summed E-state index contributed by atoms with van der Waals surface area (Å²) in [6.07, 6.45) is 0. The van der Waals surface area contributed by atoms with E-state index in [1.54, 1.807) is 13.0 Å². The van der Waals surface area contributed by atoms with Crippen LogP contribution in [0.15, 0.2) is 23.1 Å². The summed E-state index contributed by atoms with van der Waals surface area (Å²) in [7, 11) is -3.92. The molecule has 1 rings (SSSR count). The fourth-order valence-corrected chi connectivity index (χ4v) is 2.56. The second-order valence-corrected chi connectivity index (χ2v) is 5.68. The zero-order valence-electron chi connectivity index (χ0n) is 8.44. The SMILES string of the molecule is CCOC(=O)c1ccc(I)cc1S(N)(=O)=O. The lowest BCUT2D eigenvalue weighted by Crippen LogP contribution is -2.18.